The SMILES string of the molecule is Cc1cc(C2C=CCCC2(C)SCCCCOc2ccccc2-c2cc(C)cc(-n3c4ccccc4c4ccccc43)c2O)c(O)c(-n2c3c(c4ccccc42)CC(C)C=C3)c1. The summed E-state index contributed by atoms with van der Waals surface area (Å²) in [6, 6.07) is 42.0. The van der Waals surface area contributed by atoms with Crippen molar-refractivity contribution in [3.05, 3.63) is 168 Å². The van der Waals surface area contributed by atoms with Crippen LogP contribution in [0.4, 0.5) is 0 Å². The largest absolute Gasteiger partial charge is 0.505 e. The van der Waals surface area contributed by atoms with Gasteiger partial charge in [0, 0.05) is 49.2 Å². The standard InChI is InChI=1S/C56H54N2O3S/c1-36-26-27-50-43(31-36)41-19-7-11-24-49(41)58(50)52-35-38(3)33-45(55(52)60)46-21-13-14-28-56(46,4)62-30-16-15-29-61-53-25-12-8-20-42(53)44-32-37(2)34-51(54(44)59)57-47-22-9-5-17-39(47)40-18-6-10-23-48(40)57/h5-13,17-27,32-36,46,59-60H,14-16,28-31H2,1-4H3. The van der Waals surface area contributed by atoms with E-state index in [1.54, 1.807) is 0 Å². The zero-order chi connectivity index (χ0) is 42.5. The lowest BCUT2D eigenvalue weighted by atomic mass is 9.79. The van der Waals surface area contributed by atoms with Crippen molar-refractivity contribution >= 4 is 50.5 Å². The molecule has 6 aromatic carbocycles. The second-order valence-electron chi connectivity index (χ2n) is 17.7. The molecule has 2 heterocycles. The van der Waals surface area contributed by atoms with Crippen LogP contribution in [-0.2, 0) is 6.42 Å². The maximum atomic E-state index is 12.3. The lowest BCUT2D eigenvalue weighted by molar-refractivity contribution is 0.311. The fraction of sp³-hybridized carbons (Fsp3) is 0.250. The third-order valence-electron chi connectivity index (χ3n) is 13.2. The highest BCUT2D eigenvalue weighted by atomic mass is 32.2. The van der Waals surface area contributed by atoms with Crippen molar-refractivity contribution in [2.45, 2.75) is 70.5 Å². The zero-order valence-corrected chi connectivity index (χ0v) is 36.9. The summed E-state index contributed by atoms with van der Waals surface area (Å²) in [6.07, 6.45) is 14.2. The lowest BCUT2D eigenvalue weighted by Gasteiger charge is -2.39. The van der Waals surface area contributed by atoms with E-state index in [1.165, 1.54) is 16.6 Å². The molecule has 10 rings (SSSR count). The summed E-state index contributed by atoms with van der Waals surface area (Å²) < 4.78 is 10.9. The molecule has 0 aliphatic heterocycles. The van der Waals surface area contributed by atoms with E-state index >= 15 is 0 Å². The van der Waals surface area contributed by atoms with E-state index in [0.29, 0.717) is 18.3 Å². The molecule has 0 saturated carbocycles. The minimum absolute atomic E-state index is 0.0744. The van der Waals surface area contributed by atoms with Crippen LogP contribution in [0.25, 0.3) is 61.3 Å². The number of aromatic nitrogens is 2. The summed E-state index contributed by atoms with van der Waals surface area (Å²) in [5.74, 6) is 2.93. The van der Waals surface area contributed by atoms with Crippen molar-refractivity contribution in [2.24, 2.45) is 5.92 Å². The smallest absolute Gasteiger partial charge is 0.147 e. The first-order chi connectivity index (χ1) is 30.2. The second-order valence-corrected chi connectivity index (χ2v) is 19.3. The molecule has 2 aliphatic carbocycles. The Morgan fingerprint density at radius 3 is 2.06 bits per heavy atom. The average molecular weight is 835 g/mol. The van der Waals surface area contributed by atoms with Gasteiger partial charge in [0.25, 0.3) is 0 Å². The topological polar surface area (TPSA) is 59.6 Å². The normalized spacial score (nSPS) is 18.5. The molecule has 3 unspecified atom stereocenters. The molecule has 0 amide bonds. The first-order valence-corrected chi connectivity index (χ1v) is 23.2. The fourth-order valence-electron chi connectivity index (χ4n) is 10.2. The number of allylic oxidation sites excluding steroid dienone is 3. The molecule has 2 aromatic heterocycles. The lowest BCUT2D eigenvalue weighted by Crippen LogP contribution is -2.31. The molecule has 0 radical (unpaired) electrons. The number of thioether (sulfide) groups is 1. The average Bonchev–Trinajstić information content (AvgIpc) is 3.79. The van der Waals surface area contributed by atoms with E-state index in [1.807, 2.05) is 36.0 Å². The van der Waals surface area contributed by atoms with Crippen LogP contribution in [0.2, 0.25) is 0 Å². The van der Waals surface area contributed by atoms with E-state index in [9.17, 15) is 10.2 Å². The number of para-hydroxylation sites is 4. The number of phenols is 2. The Bertz CT molecular complexity index is 3010. The summed E-state index contributed by atoms with van der Waals surface area (Å²) in [6.45, 7) is 9.48. The molecule has 3 atom stereocenters. The molecule has 0 saturated heterocycles. The third kappa shape index (κ3) is 6.99. The van der Waals surface area contributed by atoms with E-state index in [4.69, 9.17) is 4.74 Å². The predicted octanol–water partition coefficient (Wildman–Crippen LogP) is 14.4. The summed E-state index contributed by atoms with van der Waals surface area (Å²) >= 11 is 2.03. The fourth-order valence-corrected chi connectivity index (χ4v) is 11.7. The minimum Gasteiger partial charge on any atom is -0.505 e. The van der Waals surface area contributed by atoms with Crippen LogP contribution < -0.4 is 4.74 Å². The van der Waals surface area contributed by atoms with Gasteiger partial charge in [-0.05, 0) is 130 Å². The number of ether oxygens (including phenoxy) is 1. The van der Waals surface area contributed by atoms with Gasteiger partial charge in [0.1, 0.15) is 17.2 Å². The van der Waals surface area contributed by atoms with Gasteiger partial charge in [-0.3, -0.25) is 0 Å². The van der Waals surface area contributed by atoms with E-state index in [0.717, 1.165) is 110 Å². The van der Waals surface area contributed by atoms with Crippen molar-refractivity contribution < 1.29 is 14.9 Å². The number of hydrogen-bond donors (Lipinski definition) is 2. The molecule has 6 heteroatoms. The number of hydrogen-bond acceptors (Lipinski definition) is 4. The van der Waals surface area contributed by atoms with Gasteiger partial charge in [-0.2, -0.15) is 11.8 Å². The van der Waals surface area contributed by atoms with Gasteiger partial charge in [-0.1, -0.05) is 104 Å². The molecule has 2 N–H and O–H groups in total. The number of aryl methyl sites for hydroxylation is 2. The van der Waals surface area contributed by atoms with Gasteiger partial charge in [0.2, 0.25) is 0 Å². The maximum Gasteiger partial charge on any atom is 0.147 e. The van der Waals surface area contributed by atoms with E-state index < -0.39 is 0 Å². The highest BCUT2D eigenvalue weighted by molar-refractivity contribution is 8.00. The molecule has 0 bridgehead atoms. The molecule has 312 valence electrons. The second kappa shape index (κ2) is 16.3. The number of phenolic OH excluding ortho intramolecular Hbond substituents is 2. The highest BCUT2D eigenvalue weighted by Gasteiger charge is 2.38. The molecular formula is C56H54N2O3S. The molecule has 0 spiro atoms. The van der Waals surface area contributed by atoms with Crippen LogP contribution >= 0.6 is 11.8 Å². The summed E-state index contributed by atoms with van der Waals surface area (Å²) in [5, 5.41) is 27.9. The molecule has 62 heavy (non-hydrogen) atoms. The summed E-state index contributed by atoms with van der Waals surface area (Å²) in [5.41, 5.74) is 12.3. The Hall–Kier alpha value is -6.11. The molecular weight excluding hydrogens is 781 g/mol. The number of unbranched alkanes of at least 4 members (excludes halogenated alkanes) is 1. The van der Waals surface area contributed by atoms with Crippen LogP contribution in [0.1, 0.15) is 73.4 Å². The van der Waals surface area contributed by atoms with Gasteiger partial charge in [0.15, 0.2) is 0 Å². The minimum atomic E-state index is -0.0744. The Kier molecular flexibility index (Phi) is 10.5. The van der Waals surface area contributed by atoms with Crippen LogP contribution in [0, 0.1) is 19.8 Å². The summed E-state index contributed by atoms with van der Waals surface area (Å²) in [4.78, 5) is 0. The zero-order valence-electron chi connectivity index (χ0n) is 36.1. The Morgan fingerprint density at radius 1 is 0.694 bits per heavy atom. The third-order valence-corrected chi connectivity index (χ3v) is 14.8. The monoisotopic (exact) mass is 834 g/mol. The highest BCUT2D eigenvalue weighted by Crippen LogP contribution is 2.51. The maximum absolute atomic E-state index is 12.3. The van der Waals surface area contributed by atoms with Gasteiger partial charge in [-0.25, -0.2) is 0 Å². The Balaban J connectivity index is 0.857. The number of aromatic hydroxyl groups is 2. The summed E-state index contributed by atoms with van der Waals surface area (Å²) in [7, 11) is 0. The van der Waals surface area contributed by atoms with E-state index in [-0.39, 0.29) is 16.4 Å². The van der Waals surface area contributed by atoms with Crippen molar-refractivity contribution in [2.75, 3.05) is 12.4 Å². The first-order valence-electron chi connectivity index (χ1n) is 22.2. The van der Waals surface area contributed by atoms with Crippen LogP contribution in [0.3, 0.4) is 0 Å². The first kappa shape index (κ1) is 40.0. The van der Waals surface area contributed by atoms with Gasteiger partial charge in [0.05, 0.1) is 34.5 Å². The van der Waals surface area contributed by atoms with Gasteiger partial charge < -0.3 is 24.1 Å². The number of benzene rings is 6. The van der Waals surface area contributed by atoms with Crippen molar-refractivity contribution in [1.29, 1.82) is 0 Å². The van der Waals surface area contributed by atoms with Crippen LogP contribution in [0.5, 0.6) is 17.2 Å². The van der Waals surface area contributed by atoms with Crippen LogP contribution in [-0.4, -0.2) is 36.5 Å². The van der Waals surface area contributed by atoms with Gasteiger partial charge >= 0.3 is 0 Å². The Morgan fingerprint density at radius 2 is 1.32 bits per heavy atom. The predicted molar refractivity (Wildman–Crippen MR) is 261 cm³/mol. The molecule has 2 aliphatic rings. The Labute approximate surface area is 369 Å². The van der Waals surface area contributed by atoms with Crippen molar-refractivity contribution in [1.82, 2.24) is 9.13 Å². The van der Waals surface area contributed by atoms with Crippen LogP contribution in [0.15, 0.2) is 140 Å². The molecule has 0 fully saturated rings. The van der Waals surface area contributed by atoms with E-state index in [2.05, 4.69) is 158 Å². The number of fused-ring (bicyclic) bond motifs is 6. The molecule has 5 nitrogen and oxygen atoms in total. The molecule has 8 aromatic rings. The number of rotatable bonds is 11. The van der Waals surface area contributed by atoms with Gasteiger partial charge in [-0.15, -0.1) is 0 Å². The number of nitrogens with zero attached hydrogens (tertiary/aromatic N) is 2. The quantitative estimate of drug-likeness (QED) is 0.101. The van der Waals surface area contributed by atoms with Crippen molar-refractivity contribution in [3.8, 4) is 39.8 Å². The van der Waals surface area contributed by atoms with Crippen molar-refractivity contribution in [3.63, 3.8) is 0 Å².